The second-order valence-electron chi connectivity index (χ2n) is 6.66. The molecule has 0 aliphatic rings. The highest BCUT2D eigenvalue weighted by Gasteiger charge is 2.15. The lowest BCUT2D eigenvalue weighted by Crippen LogP contribution is -2.03. The number of thiazole rings is 1. The lowest BCUT2D eigenvalue weighted by molar-refractivity contribution is -0.116. The van der Waals surface area contributed by atoms with Gasteiger partial charge in [-0.25, -0.2) is 4.98 Å². The van der Waals surface area contributed by atoms with E-state index in [9.17, 15) is 4.79 Å². The average molecular weight is 416 g/mol. The zero-order valence-corrected chi connectivity index (χ0v) is 17.6. The molecule has 0 N–H and O–H groups in total. The fraction of sp³-hybridized carbons (Fsp3) is 0.120. The van der Waals surface area contributed by atoms with Crippen LogP contribution in [0.2, 0.25) is 0 Å². The van der Waals surface area contributed by atoms with E-state index in [4.69, 9.17) is 4.98 Å². The first-order valence-electron chi connectivity index (χ1n) is 9.60. The molecule has 0 fully saturated rings. The van der Waals surface area contributed by atoms with E-state index >= 15 is 0 Å². The first-order chi connectivity index (χ1) is 14.3. The Balaban J connectivity index is 1.48. The molecule has 4 aromatic rings. The van der Waals surface area contributed by atoms with Gasteiger partial charge in [-0.3, -0.25) is 4.79 Å². The molecule has 4 heteroatoms. The van der Waals surface area contributed by atoms with Gasteiger partial charge in [0, 0.05) is 23.3 Å². The Morgan fingerprint density at radius 2 is 1.38 bits per heavy atom. The van der Waals surface area contributed by atoms with Crippen molar-refractivity contribution in [3.63, 3.8) is 0 Å². The number of rotatable bonds is 8. The molecule has 0 atom stereocenters. The van der Waals surface area contributed by atoms with E-state index in [1.54, 1.807) is 23.1 Å². The van der Waals surface area contributed by atoms with E-state index in [-0.39, 0.29) is 5.78 Å². The summed E-state index contributed by atoms with van der Waals surface area (Å²) in [4.78, 5) is 19.6. The minimum Gasteiger partial charge on any atom is -0.299 e. The summed E-state index contributed by atoms with van der Waals surface area (Å²) < 4.78 is 0. The molecule has 0 radical (unpaired) electrons. The molecule has 4 rings (SSSR count). The van der Waals surface area contributed by atoms with Crippen LogP contribution in [0.15, 0.2) is 95.9 Å². The number of ketones is 1. The van der Waals surface area contributed by atoms with Gasteiger partial charge in [-0.2, -0.15) is 0 Å². The molecule has 0 bridgehead atoms. The number of hydrogen-bond acceptors (Lipinski definition) is 4. The van der Waals surface area contributed by atoms with E-state index in [1.165, 1.54) is 5.56 Å². The summed E-state index contributed by atoms with van der Waals surface area (Å²) in [6.07, 6.45) is 1.21. The lowest BCUT2D eigenvalue weighted by atomic mass is 10.1. The lowest BCUT2D eigenvalue weighted by Gasteiger charge is -2.02. The standard InChI is InChI=1S/C25H21NOS2/c27-21(18-28-22-14-8-3-9-15-22)16-17-23-26-24(19-10-4-1-5-11-19)25(29-23)20-12-6-2-7-13-20/h1-15H,16-18H2. The number of hydrogen-bond donors (Lipinski definition) is 0. The largest absolute Gasteiger partial charge is 0.299 e. The molecule has 3 aromatic carbocycles. The van der Waals surface area contributed by atoms with E-state index in [2.05, 4.69) is 24.3 Å². The van der Waals surface area contributed by atoms with E-state index < -0.39 is 0 Å². The van der Waals surface area contributed by atoms with Crippen molar-refractivity contribution in [2.24, 2.45) is 0 Å². The summed E-state index contributed by atoms with van der Waals surface area (Å²) in [6.45, 7) is 0. The highest BCUT2D eigenvalue weighted by atomic mass is 32.2. The van der Waals surface area contributed by atoms with Crippen LogP contribution in [0.3, 0.4) is 0 Å². The van der Waals surface area contributed by atoms with Gasteiger partial charge in [-0.15, -0.1) is 23.1 Å². The second kappa shape index (κ2) is 9.68. The van der Waals surface area contributed by atoms with Crippen LogP contribution in [0.1, 0.15) is 11.4 Å². The van der Waals surface area contributed by atoms with Gasteiger partial charge < -0.3 is 0 Å². The summed E-state index contributed by atoms with van der Waals surface area (Å²) in [6, 6.07) is 30.7. The number of carbonyl (C=O) groups is 1. The van der Waals surface area contributed by atoms with Crippen LogP contribution >= 0.6 is 23.1 Å². The third-order valence-corrected chi connectivity index (χ3v) is 6.75. The van der Waals surface area contributed by atoms with Gasteiger partial charge in [0.2, 0.25) is 0 Å². The predicted molar refractivity (Wildman–Crippen MR) is 123 cm³/mol. The molecule has 0 saturated carbocycles. The minimum atomic E-state index is 0.261. The summed E-state index contributed by atoms with van der Waals surface area (Å²) in [5, 5.41) is 1.01. The molecule has 1 aromatic heterocycles. The van der Waals surface area contributed by atoms with Crippen molar-refractivity contribution in [1.82, 2.24) is 4.98 Å². The number of aryl methyl sites for hydroxylation is 1. The van der Waals surface area contributed by atoms with Crippen LogP contribution in [0, 0.1) is 0 Å². The fourth-order valence-electron chi connectivity index (χ4n) is 3.05. The maximum absolute atomic E-state index is 12.4. The van der Waals surface area contributed by atoms with E-state index in [0.717, 1.165) is 26.0 Å². The molecule has 144 valence electrons. The van der Waals surface area contributed by atoms with Crippen molar-refractivity contribution in [2.75, 3.05) is 5.75 Å². The van der Waals surface area contributed by atoms with Crippen molar-refractivity contribution < 1.29 is 4.79 Å². The third-order valence-electron chi connectivity index (χ3n) is 4.52. The van der Waals surface area contributed by atoms with Crippen LogP contribution in [-0.2, 0) is 11.2 Å². The molecule has 0 amide bonds. The molecule has 0 unspecified atom stereocenters. The topological polar surface area (TPSA) is 30.0 Å². The van der Waals surface area contributed by atoms with Crippen molar-refractivity contribution in [1.29, 1.82) is 0 Å². The van der Waals surface area contributed by atoms with Crippen LogP contribution in [0.5, 0.6) is 0 Å². The summed E-state index contributed by atoms with van der Waals surface area (Å²) >= 11 is 3.29. The van der Waals surface area contributed by atoms with Gasteiger partial charge in [0.25, 0.3) is 0 Å². The quantitative estimate of drug-likeness (QED) is 0.297. The van der Waals surface area contributed by atoms with Gasteiger partial charge in [0.15, 0.2) is 0 Å². The number of thioether (sulfide) groups is 1. The highest BCUT2D eigenvalue weighted by molar-refractivity contribution is 8.00. The SMILES string of the molecule is O=C(CCc1nc(-c2ccccc2)c(-c2ccccc2)s1)CSc1ccccc1. The predicted octanol–water partition coefficient (Wildman–Crippen LogP) is 6.77. The first kappa shape index (κ1) is 19.6. The summed E-state index contributed by atoms with van der Waals surface area (Å²) in [5.74, 6) is 0.767. The zero-order chi connectivity index (χ0) is 19.9. The van der Waals surface area contributed by atoms with Gasteiger partial charge in [0.05, 0.1) is 21.3 Å². The molecule has 0 spiro atoms. The zero-order valence-electron chi connectivity index (χ0n) is 16.0. The molecule has 0 saturated heterocycles. The van der Waals surface area contributed by atoms with Gasteiger partial charge in [0.1, 0.15) is 5.78 Å². The third kappa shape index (κ3) is 5.22. The molecule has 29 heavy (non-hydrogen) atoms. The van der Waals surface area contributed by atoms with Gasteiger partial charge in [-0.1, -0.05) is 78.9 Å². The maximum Gasteiger partial charge on any atom is 0.143 e. The fourth-order valence-corrected chi connectivity index (χ4v) is 4.96. The second-order valence-corrected chi connectivity index (χ2v) is 8.79. The molecular weight excluding hydrogens is 394 g/mol. The smallest absolute Gasteiger partial charge is 0.143 e. The summed E-state index contributed by atoms with van der Waals surface area (Å²) in [7, 11) is 0. The van der Waals surface area contributed by atoms with Crippen LogP contribution in [0.25, 0.3) is 21.7 Å². The van der Waals surface area contributed by atoms with Crippen LogP contribution in [-0.4, -0.2) is 16.5 Å². The Kier molecular flexibility index (Phi) is 6.55. The Labute approximate surface area is 179 Å². The van der Waals surface area contributed by atoms with E-state index in [1.807, 2.05) is 66.7 Å². The van der Waals surface area contributed by atoms with Crippen molar-refractivity contribution in [3.8, 4) is 21.7 Å². The van der Waals surface area contributed by atoms with Gasteiger partial charge in [-0.05, 0) is 17.7 Å². The molecular formula is C25H21NOS2. The number of benzene rings is 3. The van der Waals surface area contributed by atoms with Crippen molar-refractivity contribution in [2.45, 2.75) is 17.7 Å². The Morgan fingerprint density at radius 1 is 0.793 bits per heavy atom. The van der Waals surface area contributed by atoms with Crippen LogP contribution in [0.4, 0.5) is 0 Å². The maximum atomic E-state index is 12.4. The van der Waals surface area contributed by atoms with Crippen LogP contribution < -0.4 is 0 Å². The first-order valence-corrected chi connectivity index (χ1v) is 11.4. The number of carbonyl (C=O) groups excluding carboxylic acids is 1. The number of aromatic nitrogens is 1. The highest BCUT2D eigenvalue weighted by Crippen LogP contribution is 2.37. The normalized spacial score (nSPS) is 10.8. The molecule has 1 heterocycles. The monoisotopic (exact) mass is 415 g/mol. The Hall–Kier alpha value is -2.69. The van der Waals surface area contributed by atoms with E-state index in [0.29, 0.717) is 18.6 Å². The molecule has 2 nitrogen and oxygen atoms in total. The number of nitrogens with zero attached hydrogens (tertiary/aromatic N) is 1. The Morgan fingerprint density at radius 3 is 2.03 bits per heavy atom. The number of Topliss-reactive ketones (excluding diaryl/α,β-unsaturated/α-hetero) is 1. The average Bonchev–Trinajstić information content (AvgIpc) is 3.23. The molecule has 0 aliphatic heterocycles. The Bertz CT molecular complexity index is 1000. The van der Waals surface area contributed by atoms with Gasteiger partial charge >= 0.3 is 0 Å². The van der Waals surface area contributed by atoms with Crippen molar-refractivity contribution in [3.05, 3.63) is 96.0 Å². The summed E-state index contributed by atoms with van der Waals surface area (Å²) in [5.41, 5.74) is 3.28. The van der Waals surface area contributed by atoms with Crippen molar-refractivity contribution >= 4 is 28.9 Å². The molecule has 0 aliphatic carbocycles. The minimum absolute atomic E-state index is 0.261.